The summed E-state index contributed by atoms with van der Waals surface area (Å²) in [5, 5.41) is 3.99. The molecule has 1 heterocycles. The summed E-state index contributed by atoms with van der Waals surface area (Å²) in [6.07, 6.45) is 0.418. The Kier molecular flexibility index (Phi) is 7.99. The van der Waals surface area contributed by atoms with E-state index in [1.165, 1.54) is 7.11 Å². The Labute approximate surface area is 203 Å². The number of esters is 1. The maximum absolute atomic E-state index is 12.9. The maximum Gasteiger partial charge on any atom is 0.314 e. The Balaban J connectivity index is 1.68. The van der Waals surface area contributed by atoms with E-state index in [1.807, 2.05) is 76.3 Å². The lowest BCUT2D eigenvalue weighted by molar-refractivity contribution is -0.164. The zero-order valence-electron chi connectivity index (χ0n) is 20.9. The molecule has 3 aromatic rings. The van der Waals surface area contributed by atoms with Crippen molar-refractivity contribution in [2.75, 3.05) is 20.3 Å². The maximum atomic E-state index is 12.9. The molecule has 0 fully saturated rings. The minimum absolute atomic E-state index is 0.194. The second kappa shape index (κ2) is 10.6. The highest BCUT2D eigenvalue weighted by Gasteiger charge is 2.49. The highest BCUT2D eigenvalue weighted by atomic mass is 28.3. The average Bonchev–Trinajstić information content (AvgIpc) is 3.24. The van der Waals surface area contributed by atoms with E-state index >= 15 is 0 Å². The van der Waals surface area contributed by atoms with Gasteiger partial charge in [0.25, 0.3) is 5.91 Å². The number of ether oxygens (including phenoxy) is 1. The van der Waals surface area contributed by atoms with Gasteiger partial charge in [0.15, 0.2) is 0 Å². The number of nitrogens with one attached hydrogen (secondary N) is 1. The molecule has 1 amide bonds. The summed E-state index contributed by atoms with van der Waals surface area (Å²) in [7, 11) is 0.408. The van der Waals surface area contributed by atoms with Crippen molar-refractivity contribution in [3.8, 4) is 11.3 Å². The number of amides is 1. The van der Waals surface area contributed by atoms with E-state index in [4.69, 9.17) is 13.6 Å². The van der Waals surface area contributed by atoms with Crippen LogP contribution in [-0.4, -0.2) is 41.2 Å². The molecule has 34 heavy (non-hydrogen) atoms. The van der Waals surface area contributed by atoms with E-state index in [2.05, 4.69) is 5.32 Å². The molecular formula is C27H34NO5Si. The number of benzene rings is 2. The fourth-order valence-electron chi connectivity index (χ4n) is 4.00. The summed E-state index contributed by atoms with van der Waals surface area (Å²) in [5.74, 6) is 0.252. The standard InChI is InChI=1S/C27H34NO5Si/c1-26(2,3)27(25(30)31-4,18-32-34(5)6)15-16-28-24(29)20-13-11-19(12-14-20)23-17-21-9-7-8-10-22(21)33-23/h7-14,17H,15-16,18H2,1-6H3,(H,28,29). The van der Waals surface area contributed by atoms with Crippen LogP contribution in [0.5, 0.6) is 0 Å². The number of rotatable bonds is 9. The smallest absolute Gasteiger partial charge is 0.314 e. The van der Waals surface area contributed by atoms with Gasteiger partial charge in [-0.15, -0.1) is 0 Å². The Morgan fingerprint density at radius 3 is 2.29 bits per heavy atom. The van der Waals surface area contributed by atoms with Crippen LogP contribution in [0.3, 0.4) is 0 Å². The van der Waals surface area contributed by atoms with E-state index in [1.54, 1.807) is 12.1 Å². The first kappa shape index (κ1) is 25.7. The van der Waals surface area contributed by atoms with Crippen molar-refractivity contribution in [3.63, 3.8) is 0 Å². The van der Waals surface area contributed by atoms with Crippen molar-refractivity contribution in [1.82, 2.24) is 5.32 Å². The van der Waals surface area contributed by atoms with Gasteiger partial charge in [-0.05, 0) is 49.2 Å². The van der Waals surface area contributed by atoms with Crippen LogP contribution in [0.15, 0.2) is 59.0 Å². The molecule has 0 spiro atoms. The third-order valence-electron chi connectivity index (χ3n) is 6.31. The molecule has 1 unspecified atom stereocenters. The van der Waals surface area contributed by atoms with Gasteiger partial charge < -0.3 is 18.9 Å². The van der Waals surface area contributed by atoms with Crippen molar-refractivity contribution >= 4 is 31.9 Å². The topological polar surface area (TPSA) is 77.8 Å². The summed E-state index contributed by atoms with van der Waals surface area (Å²) in [5.41, 5.74) is 1.01. The predicted molar refractivity (Wildman–Crippen MR) is 136 cm³/mol. The van der Waals surface area contributed by atoms with E-state index in [0.29, 0.717) is 18.5 Å². The van der Waals surface area contributed by atoms with Crippen molar-refractivity contribution in [2.45, 2.75) is 40.3 Å². The number of hydrogen-bond donors (Lipinski definition) is 1. The SMILES string of the molecule is COC(=O)C(CCNC(=O)c1ccc(-c2cc3ccccc3o2)cc1)(CO[Si](C)C)C(C)(C)C. The molecule has 1 atom stereocenters. The van der Waals surface area contributed by atoms with Crippen molar-refractivity contribution in [2.24, 2.45) is 10.8 Å². The van der Waals surface area contributed by atoms with Gasteiger partial charge in [0.2, 0.25) is 9.04 Å². The van der Waals surface area contributed by atoms with E-state index in [9.17, 15) is 9.59 Å². The Morgan fingerprint density at radius 2 is 1.71 bits per heavy atom. The quantitative estimate of drug-likeness (QED) is 0.314. The third kappa shape index (κ3) is 5.59. The van der Waals surface area contributed by atoms with Gasteiger partial charge in [-0.2, -0.15) is 0 Å². The first-order chi connectivity index (χ1) is 16.1. The number of methoxy groups -OCH3 is 1. The van der Waals surface area contributed by atoms with Crippen LogP contribution in [0.4, 0.5) is 0 Å². The summed E-state index contributed by atoms with van der Waals surface area (Å²) >= 11 is 0. The molecule has 1 N–H and O–H groups in total. The highest BCUT2D eigenvalue weighted by molar-refractivity contribution is 6.48. The number of carbonyl (C=O) groups is 2. The van der Waals surface area contributed by atoms with Gasteiger partial charge in [-0.3, -0.25) is 9.59 Å². The number of para-hydroxylation sites is 1. The third-order valence-corrected chi connectivity index (χ3v) is 7.04. The molecule has 7 heteroatoms. The molecule has 0 aliphatic rings. The molecule has 3 rings (SSSR count). The van der Waals surface area contributed by atoms with E-state index < -0.39 is 19.9 Å². The molecule has 0 aliphatic heterocycles. The van der Waals surface area contributed by atoms with Crippen LogP contribution < -0.4 is 5.32 Å². The fourth-order valence-corrected chi connectivity index (χ4v) is 4.53. The predicted octanol–water partition coefficient (Wildman–Crippen LogP) is 5.69. The van der Waals surface area contributed by atoms with Crippen LogP contribution in [0.2, 0.25) is 13.1 Å². The van der Waals surface area contributed by atoms with Gasteiger partial charge in [0.1, 0.15) is 11.3 Å². The van der Waals surface area contributed by atoms with Crippen molar-refractivity contribution < 1.29 is 23.2 Å². The normalized spacial score (nSPS) is 13.6. The average molecular weight is 481 g/mol. The monoisotopic (exact) mass is 480 g/mol. The minimum atomic E-state index is -0.989. The molecule has 0 bridgehead atoms. The first-order valence-corrected chi connectivity index (χ1v) is 13.9. The second-order valence-electron chi connectivity index (χ2n) is 9.75. The van der Waals surface area contributed by atoms with E-state index in [0.717, 1.165) is 22.3 Å². The van der Waals surface area contributed by atoms with Crippen LogP contribution >= 0.6 is 0 Å². The largest absolute Gasteiger partial charge is 0.469 e. The lowest BCUT2D eigenvalue weighted by Crippen LogP contribution is -2.50. The lowest BCUT2D eigenvalue weighted by Gasteiger charge is -2.42. The summed E-state index contributed by atoms with van der Waals surface area (Å²) < 4.78 is 17.0. The zero-order valence-corrected chi connectivity index (χ0v) is 21.9. The molecule has 0 saturated carbocycles. The first-order valence-electron chi connectivity index (χ1n) is 11.5. The van der Waals surface area contributed by atoms with Crippen molar-refractivity contribution in [3.05, 3.63) is 60.2 Å². The van der Waals surface area contributed by atoms with Gasteiger partial charge in [-0.1, -0.05) is 51.1 Å². The Hall–Kier alpha value is -2.90. The van der Waals surface area contributed by atoms with Gasteiger partial charge >= 0.3 is 5.97 Å². The molecule has 0 saturated heterocycles. The van der Waals surface area contributed by atoms with Gasteiger partial charge in [0, 0.05) is 23.1 Å². The van der Waals surface area contributed by atoms with Crippen LogP contribution in [-0.2, 0) is 14.0 Å². The summed E-state index contributed by atoms with van der Waals surface area (Å²) in [4.78, 5) is 25.7. The molecule has 6 nitrogen and oxygen atoms in total. The lowest BCUT2D eigenvalue weighted by atomic mass is 9.65. The Bertz CT molecular complexity index is 1100. The zero-order chi connectivity index (χ0) is 24.9. The molecule has 2 aromatic carbocycles. The van der Waals surface area contributed by atoms with Gasteiger partial charge in [0.05, 0.1) is 19.1 Å². The molecule has 1 aromatic heterocycles. The molecule has 1 radical (unpaired) electrons. The number of furan rings is 1. The molecule has 181 valence electrons. The minimum Gasteiger partial charge on any atom is -0.469 e. The summed E-state index contributed by atoms with van der Waals surface area (Å²) in [6.45, 7) is 10.7. The van der Waals surface area contributed by atoms with Crippen LogP contribution in [0.1, 0.15) is 37.6 Å². The fraction of sp³-hybridized carbons (Fsp3) is 0.407. The van der Waals surface area contributed by atoms with Crippen LogP contribution in [0, 0.1) is 10.8 Å². The second-order valence-corrected chi connectivity index (χ2v) is 11.9. The Morgan fingerprint density at radius 1 is 1.03 bits per heavy atom. The number of hydrogen-bond acceptors (Lipinski definition) is 5. The molecular weight excluding hydrogens is 446 g/mol. The number of fused-ring (bicyclic) bond motifs is 1. The van der Waals surface area contributed by atoms with E-state index in [-0.39, 0.29) is 18.5 Å². The van der Waals surface area contributed by atoms with Gasteiger partial charge in [-0.25, -0.2) is 0 Å². The van der Waals surface area contributed by atoms with Crippen LogP contribution in [0.25, 0.3) is 22.3 Å². The van der Waals surface area contributed by atoms with Crippen molar-refractivity contribution in [1.29, 1.82) is 0 Å². The highest BCUT2D eigenvalue weighted by Crippen LogP contribution is 2.43. The molecule has 0 aliphatic carbocycles. The number of carbonyl (C=O) groups excluding carboxylic acids is 2. The summed E-state index contributed by atoms with van der Waals surface area (Å²) in [6, 6.07) is 17.1.